The normalized spacial score (nSPS) is 19.7. The summed E-state index contributed by atoms with van der Waals surface area (Å²) in [6, 6.07) is 7.45. The van der Waals surface area contributed by atoms with Crippen molar-refractivity contribution in [2.45, 2.75) is 43.9 Å². The van der Waals surface area contributed by atoms with Crippen LogP contribution in [-0.2, 0) is 21.7 Å². The Morgan fingerprint density at radius 3 is 2.26 bits per heavy atom. The summed E-state index contributed by atoms with van der Waals surface area (Å²) in [5, 5.41) is 0. The second kappa shape index (κ2) is 5.43. The third-order valence-electron chi connectivity index (χ3n) is 3.69. The highest BCUT2D eigenvalue weighted by Crippen LogP contribution is 2.32. The van der Waals surface area contributed by atoms with Crippen LogP contribution in [0.4, 0.5) is 0 Å². The summed E-state index contributed by atoms with van der Waals surface area (Å²) in [5.74, 6) is 0.519. The third kappa shape index (κ3) is 3.30. The van der Waals surface area contributed by atoms with E-state index in [0.29, 0.717) is 12.4 Å². The molecule has 0 amide bonds. The van der Waals surface area contributed by atoms with E-state index in [9.17, 15) is 8.42 Å². The molecule has 3 nitrogen and oxygen atoms in total. The predicted octanol–water partition coefficient (Wildman–Crippen LogP) is 3.13. The van der Waals surface area contributed by atoms with Gasteiger partial charge >= 0.3 is 0 Å². The summed E-state index contributed by atoms with van der Waals surface area (Å²) in [6.45, 7) is 4.62. The first-order valence-corrected chi connectivity index (χ1v) is 8.64. The van der Waals surface area contributed by atoms with Gasteiger partial charge in [-0.05, 0) is 37.8 Å². The lowest BCUT2D eigenvalue weighted by Crippen LogP contribution is -2.43. The van der Waals surface area contributed by atoms with E-state index in [2.05, 4.69) is 0 Å². The molecule has 0 unspecified atom stereocenters. The van der Waals surface area contributed by atoms with Crippen LogP contribution in [0.15, 0.2) is 24.3 Å². The fourth-order valence-electron chi connectivity index (χ4n) is 2.61. The van der Waals surface area contributed by atoms with Crippen molar-refractivity contribution in [3.63, 3.8) is 0 Å². The Bertz CT molecular complexity index is 537. The zero-order valence-corrected chi connectivity index (χ0v) is 13.0. The van der Waals surface area contributed by atoms with Gasteiger partial charge < -0.3 is 0 Å². The van der Waals surface area contributed by atoms with E-state index in [1.165, 1.54) is 0 Å². The van der Waals surface area contributed by atoms with Gasteiger partial charge in [0.05, 0.1) is 5.75 Å². The molecule has 0 radical (unpaired) electrons. The highest BCUT2D eigenvalue weighted by atomic mass is 35.5. The van der Waals surface area contributed by atoms with Gasteiger partial charge in [-0.2, -0.15) is 4.31 Å². The molecule has 0 bridgehead atoms. The molecular formula is C14H20ClNO2S. The van der Waals surface area contributed by atoms with Crippen LogP contribution in [-0.4, -0.2) is 24.8 Å². The molecule has 1 saturated heterocycles. The van der Waals surface area contributed by atoms with Gasteiger partial charge in [0.1, 0.15) is 0 Å². The molecule has 0 atom stereocenters. The van der Waals surface area contributed by atoms with Crippen LogP contribution in [0.1, 0.15) is 37.8 Å². The first-order chi connectivity index (χ1) is 8.85. The molecule has 1 aliphatic rings. The van der Waals surface area contributed by atoms with Crippen molar-refractivity contribution in [1.29, 1.82) is 0 Å². The maximum absolute atomic E-state index is 12.5. The minimum Gasteiger partial charge on any atom is -0.212 e. The monoisotopic (exact) mass is 301 g/mol. The largest absolute Gasteiger partial charge is 0.218 e. The number of nitrogens with zero attached hydrogens (tertiary/aromatic N) is 1. The number of halogens is 1. The average Bonchev–Trinajstić information content (AvgIpc) is 2.70. The highest BCUT2D eigenvalue weighted by Gasteiger charge is 2.39. The summed E-state index contributed by atoms with van der Waals surface area (Å²) in [4.78, 5) is 0. The van der Waals surface area contributed by atoms with E-state index in [0.717, 1.165) is 24.0 Å². The molecule has 0 aromatic heterocycles. The van der Waals surface area contributed by atoms with E-state index < -0.39 is 10.0 Å². The Kier molecular flexibility index (Phi) is 4.23. The Morgan fingerprint density at radius 2 is 1.79 bits per heavy atom. The number of alkyl halides is 1. The van der Waals surface area contributed by atoms with E-state index in [1.54, 1.807) is 4.31 Å². The molecular weight excluding hydrogens is 282 g/mol. The van der Waals surface area contributed by atoms with Crippen molar-refractivity contribution in [2.75, 3.05) is 6.54 Å². The summed E-state index contributed by atoms with van der Waals surface area (Å²) in [5.41, 5.74) is 1.57. The average molecular weight is 302 g/mol. The van der Waals surface area contributed by atoms with E-state index in [1.807, 2.05) is 38.1 Å². The second-order valence-corrected chi connectivity index (χ2v) is 7.86. The van der Waals surface area contributed by atoms with Gasteiger partial charge in [0.15, 0.2) is 0 Å². The van der Waals surface area contributed by atoms with Gasteiger partial charge in [0, 0.05) is 18.0 Å². The third-order valence-corrected chi connectivity index (χ3v) is 6.04. The van der Waals surface area contributed by atoms with Crippen molar-refractivity contribution in [3.05, 3.63) is 35.4 Å². The van der Waals surface area contributed by atoms with Crippen molar-refractivity contribution < 1.29 is 8.42 Å². The Hall–Kier alpha value is -0.580. The van der Waals surface area contributed by atoms with E-state index in [4.69, 9.17) is 11.6 Å². The SMILES string of the molecule is CC1(C)CCCN1S(=O)(=O)Cc1ccc(CCl)cc1. The standard InChI is InChI=1S/C14H20ClNO2S/c1-14(2)8-3-9-16(14)19(17,18)11-13-6-4-12(10-15)5-7-13/h4-7H,3,8-11H2,1-2H3. The van der Waals surface area contributed by atoms with E-state index in [-0.39, 0.29) is 11.3 Å². The summed E-state index contributed by atoms with van der Waals surface area (Å²) < 4.78 is 26.6. The minimum atomic E-state index is -3.24. The van der Waals surface area contributed by atoms with Crippen LogP contribution in [0.5, 0.6) is 0 Å². The maximum Gasteiger partial charge on any atom is 0.218 e. The summed E-state index contributed by atoms with van der Waals surface area (Å²) in [6.07, 6.45) is 1.87. The van der Waals surface area contributed by atoms with Crippen LogP contribution in [0.25, 0.3) is 0 Å². The van der Waals surface area contributed by atoms with Crippen molar-refractivity contribution in [2.24, 2.45) is 0 Å². The fraction of sp³-hybridized carbons (Fsp3) is 0.571. The molecule has 19 heavy (non-hydrogen) atoms. The van der Waals surface area contributed by atoms with Crippen molar-refractivity contribution in [3.8, 4) is 0 Å². The molecule has 2 rings (SSSR count). The molecule has 0 N–H and O–H groups in total. The van der Waals surface area contributed by atoms with Crippen molar-refractivity contribution >= 4 is 21.6 Å². The molecule has 0 spiro atoms. The zero-order valence-electron chi connectivity index (χ0n) is 11.4. The van der Waals surface area contributed by atoms with Crippen LogP contribution < -0.4 is 0 Å². The molecule has 1 heterocycles. The molecule has 106 valence electrons. The van der Waals surface area contributed by atoms with Crippen molar-refractivity contribution in [1.82, 2.24) is 4.31 Å². The summed E-state index contributed by atoms with van der Waals surface area (Å²) in [7, 11) is -3.24. The highest BCUT2D eigenvalue weighted by molar-refractivity contribution is 7.88. The molecule has 1 aliphatic heterocycles. The zero-order chi connectivity index (χ0) is 14.1. The molecule has 0 saturated carbocycles. The van der Waals surface area contributed by atoms with Gasteiger partial charge in [-0.3, -0.25) is 0 Å². The van der Waals surface area contributed by atoms with Crippen LogP contribution in [0, 0.1) is 0 Å². The lowest BCUT2D eigenvalue weighted by molar-refractivity contribution is 0.291. The topological polar surface area (TPSA) is 37.4 Å². The molecule has 1 aromatic rings. The number of sulfonamides is 1. The minimum absolute atomic E-state index is 0.0684. The molecule has 5 heteroatoms. The first-order valence-electron chi connectivity index (χ1n) is 6.49. The lowest BCUT2D eigenvalue weighted by atomic mass is 10.0. The smallest absolute Gasteiger partial charge is 0.212 e. The van der Waals surface area contributed by atoms with Gasteiger partial charge in [0.25, 0.3) is 0 Å². The molecule has 0 aliphatic carbocycles. The second-order valence-electron chi connectivity index (χ2n) is 5.69. The van der Waals surface area contributed by atoms with Gasteiger partial charge in [-0.25, -0.2) is 8.42 Å². The van der Waals surface area contributed by atoms with Crippen LogP contribution in [0.2, 0.25) is 0 Å². The first kappa shape index (κ1) is 14.8. The van der Waals surface area contributed by atoms with Gasteiger partial charge in [-0.1, -0.05) is 24.3 Å². The molecule has 1 fully saturated rings. The van der Waals surface area contributed by atoms with E-state index >= 15 is 0 Å². The van der Waals surface area contributed by atoms with Gasteiger partial charge in [0.2, 0.25) is 10.0 Å². The number of hydrogen-bond acceptors (Lipinski definition) is 2. The molecule has 1 aromatic carbocycles. The Labute approximate surface area is 120 Å². The fourth-order valence-corrected chi connectivity index (χ4v) is 4.81. The quantitative estimate of drug-likeness (QED) is 0.801. The summed E-state index contributed by atoms with van der Waals surface area (Å²) >= 11 is 5.73. The van der Waals surface area contributed by atoms with Crippen LogP contribution in [0.3, 0.4) is 0 Å². The number of benzene rings is 1. The van der Waals surface area contributed by atoms with Crippen LogP contribution >= 0.6 is 11.6 Å². The maximum atomic E-state index is 12.5. The van der Waals surface area contributed by atoms with Gasteiger partial charge in [-0.15, -0.1) is 11.6 Å². The Balaban J connectivity index is 2.16. The Morgan fingerprint density at radius 1 is 1.21 bits per heavy atom. The number of rotatable bonds is 4. The number of hydrogen-bond donors (Lipinski definition) is 0. The predicted molar refractivity (Wildman–Crippen MR) is 78.6 cm³/mol. The lowest BCUT2D eigenvalue weighted by Gasteiger charge is -2.30.